The van der Waals surface area contributed by atoms with Crippen LogP contribution in [0.25, 0.3) is 0 Å². The van der Waals surface area contributed by atoms with E-state index in [0.717, 1.165) is 5.69 Å². The van der Waals surface area contributed by atoms with E-state index < -0.39 is 12.1 Å². The van der Waals surface area contributed by atoms with E-state index in [2.05, 4.69) is 0 Å². The predicted molar refractivity (Wildman–Crippen MR) is 91.2 cm³/mol. The Bertz CT molecular complexity index is 719. The van der Waals surface area contributed by atoms with Crippen LogP contribution >= 0.6 is 23.2 Å². The molecule has 6 heteroatoms. The zero-order valence-electron chi connectivity index (χ0n) is 12.6. The first kappa shape index (κ1) is 17.3. The summed E-state index contributed by atoms with van der Waals surface area (Å²) >= 11 is 11.7. The third kappa shape index (κ3) is 4.24. The van der Waals surface area contributed by atoms with E-state index in [4.69, 9.17) is 27.9 Å². The number of hydrogen-bond donors (Lipinski definition) is 0. The lowest BCUT2D eigenvalue weighted by atomic mass is 10.2. The van der Waals surface area contributed by atoms with Crippen molar-refractivity contribution in [3.8, 4) is 0 Å². The molecule has 0 N–H and O–H groups in total. The first-order chi connectivity index (χ1) is 10.9. The molecule has 0 saturated heterocycles. The SMILES string of the molecule is C[C@H](OC(=O)c1ccc(Cl)c(Cl)c1)C(=O)N(C)c1ccccc1. The molecule has 0 spiro atoms. The van der Waals surface area contributed by atoms with Gasteiger partial charge < -0.3 is 9.64 Å². The van der Waals surface area contributed by atoms with Crippen molar-refractivity contribution < 1.29 is 14.3 Å². The van der Waals surface area contributed by atoms with Gasteiger partial charge in [0.15, 0.2) is 6.10 Å². The number of carbonyl (C=O) groups excluding carboxylic acids is 2. The Balaban J connectivity index is 2.05. The van der Waals surface area contributed by atoms with Crippen molar-refractivity contribution in [3.05, 3.63) is 64.1 Å². The molecule has 0 saturated carbocycles. The minimum Gasteiger partial charge on any atom is -0.449 e. The van der Waals surface area contributed by atoms with Crippen LogP contribution in [0, 0.1) is 0 Å². The monoisotopic (exact) mass is 351 g/mol. The molecular weight excluding hydrogens is 337 g/mol. The van der Waals surface area contributed by atoms with Crippen molar-refractivity contribution >= 4 is 40.8 Å². The number of carbonyl (C=O) groups is 2. The molecule has 0 unspecified atom stereocenters. The molecule has 0 fully saturated rings. The highest BCUT2D eigenvalue weighted by atomic mass is 35.5. The molecule has 0 aliphatic rings. The Hall–Kier alpha value is -2.04. The summed E-state index contributed by atoms with van der Waals surface area (Å²) in [5.74, 6) is -0.963. The topological polar surface area (TPSA) is 46.6 Å². The van der Waals surface area contributed by atoms with Gasteiger partial charge in [-0.05, 0) is 37.3 Å². The smallest absolute Gasteiger partial charge is 0.338 e. The normalized spacial score (nSPS) is 11.7. The molecule has 0 radical (unpaired) electrons. The van der Waals surface area contributed by atoms with Crippen LogP contribution in [0.5, 0.6) is 0 Å². The average molecular weight is 352 g/mol. The van der Waals surface area contributed by atoms with Crippen molar-refractivity contribution in [3.63, 3.8) is 0 Å². The van der Waals surface area contributed by atoms with E-state index in [1.54, 1.807) is 19.2 Å². The lowest BCUT2D eigenvalue weighted by molar-refractivity contribution is -0.126. The predicted octanol–water partition coefficient (Wildman–Crippen LogP) is 4.20. The molecule has 0 aliphatic carbocycles. The fourth-order valence-corrected chi connectivity index (χ4v) is 2.25. The standard InChI is InChI=1S/C17H15Cl2NO3/c1-11(16(21)20(2)13-6-4-3-5-7-13)23-17(22)12-8-9-14(18)15(19)10-12/h3-11H,1-2H3/t11-/m0/s1. The molecule has 0 bridgehead atoms. The van der Waals surface area contributed by atoms with Crippen molar-refractivity contribution in [2.75, 3.05) is 11.9 Å². The highest BCUT2D eigenvalue weighted by Crippen LogP contribution is 2.23. The molecule has 0 heterocycles. The minimum absolute atomic E-state index is 0.237. The number of likely N-dealkylation sites (N-methyl/N-ethyl adjacent to an activating group) is 1. The maximum atomic E-state index is 12.3. The number of benzene rings is 2. The number of ether oxygens (including phenoxy) is 1. The summed E-state index contributed by atoms with van der Waals surface area (Å²) in [6.45, 7) is 1.52. The summed E-state index contributed by atoms with van der Waals surface area (Å²) in [6.07, 6.45) is -0.929. The second-order valence-corrected chi connectivity index (χ2v) is 5.72. The largest absolute Gasteiger partial charge is 0.449 e. The summed E-state index contributed by atoms with van der Waals surface area (Å²) in [7, 11) is 1.63. The Labute approximate surface area is 144 Å². The summed E-state index contributed by atoms with van der Waals surface area (Å²) in [4.78, 5) is 25.9. The molecule has 120 valence electrons. The van der Waals surface area contributed by atoms with Gasteiger partial charge in [0.2, 0.25) is 0 Å². The van der Waals surface area contributed by atoms with Gasteiger partial charge in [0.1, 0.15) is 0 Å². The van der Waals surface area contributed by atoms with E-state index in [1.807, 2.05) is 18.2 Å². The van der Waals surface area contributed by atoms with Crippen LogP contribution in [0.4, 0.5) is 5.69 Å². The summed E-state index contributed by atoms with van der Waals surface area (Å²) in [5, 5.41) is 0.595. The van der Waals surface area contributed by atoms with Gasteiger partial charge >= 0.3 is 5.97 Å². The molecule has 2 aromatic carbocycles. The number of amides is 1. The van der Waals surface area contributed by atoms with E-state index >= 15 is 0 Å². The fourth-order valence-electron chi connectivity index (χ4n) is 1.95. The van der Waals surface area contributed by atoms with Gasteiger partial charge in [-0.15, -0.1) is 0 Å². The van der Waals surface area contributed by atoms with Crippen LogP contribution in [-0.4, -0.2) is 25.0 Å². The summed E-state index contributed by atoms with van der Waals surface area (Å²) in [6, 6.07) is 13.5. The van der Waals surface area contributed by atoms with Crippen LogP contribution < -0.4 is 4.90 Å². The van der Waals surface area contributed by atoms with Gasteiger partial charge in [-0.2, -0.15) is 0 Å². The number of para-hydroxylation sites is 1. The van der Waals surface area contributed by atoms with Gasteiger partial charge in [0, 0.05) is 12.7 Å². The summed E-state index contributed by atoms with van der Waals surface area (Å²) in [5.41, 5.74) is 0.955. The van der Waals surface area contributed by atoms with E-state index in [-0.39, 0.29) is 16.5 Å². The molecule has 0 aromatic heterocycles. The Morgan fingerprint density at radius 3 is 2.30 bits per heavy atom. The van der Waals surface area contributed by atoms with Gasteiger partial charge in [-0.25, -0.2) is 4.79 Å². The molecular formula is C17H15Cl2NO3. The quantitative estimate of drug-likeness (QED) is 0.775. The van der Waals surface area contributed by atoms with Crippen molar-refractivity contribution in [2.45, 2.75) is 13.0 Å². The maximum Gasteiger partial charge on any atom is 0.338 e. The lowest BCUT2D eigenvalue weighted by Gasteiger charge is -2.21. The van der Waals surface area contributed by atoms with E-state index in [0.29, 0.717) is 5.02 Å². The zero-order valence-corrected chi connectivity index (χ0v) is 14.1. The third-order valence-corrected chi connectivity index (χ3v) is 4.00. The molecule has 2 aromatic rings. The molecule has 1 atom stereocenters. The Morgan fingerprint density at radius 1 is 1.04 bits per heavy atom. The Morgan fingerprint density at radius 2 is 1.70 bits per heavy atom. The van der Waals surface area contributed by atoms with E-state index in [9.17, 15) is 9.59 Å². The number of esters is 1. The molecule has 4 nitrogen and oxygen atoms in total. The van der Waals surface area contributed by atoms with Crippen molar-refractivity contribution in [1.29, 1.82) is 0 Å². The number of nitrogens with zero attached hydrogens (tertiary/aromatic N) is 1. The number of anilines is 1. The fraction of sp³-hybridized carbons (Fsp3) is 0.176. The Kier molecular flexibility index (Phi) is 5.64. The maximum absolute atomic E-state index is 12.3. The second-order valence-electron chi connectivity index (χ2n) is 4.91. The average Bonchev–Trinajstić information content (AvgIpc) is 2.56. The second kappa shape index (κ2) is 7.49. The van der Waals surface area contributed by atoms with Crippen molar-refractivity contribution in [2.24, 2.45) is 0 Å². The minimum atomic E-state index is -0.929. The van der Waals surface area contributed by atoms with Crippen LogP contribution in [0.2, 0.25) is 10.0 Å². The number of hydrogen-bond acceptors (Lipinski definition) is 3. The van der Waals surface area contributed by atoms with E-state index in [1.165, 1.54) is 30.0 Å². The lowest BCUT2D eigenvalue weighted by Crippen LogP contribution is -2.37. The number of halogens is 2. The number of rotatable bonds is 4. The molecule has 1 amide bonds. The van der Waals surface area contributed by atoms with Crippen LogP contribution in [0.3, 0.4) is 0 Å². The first-order valence-corrected chi connectivity index (χ1v) is 7.64. The van der Waals surface area contributed by atoms with Gasteiger partial charge in [0.25, 0.3) is 5.91 Å². The van der Waals surface area contributed by atoms with Crippen LogP contribution in [-0.2, 0) is 9.53 Å². The van der Waals surface area contributed by atoms with Crippen molar-refractivity contribution in [1.82, 2.24) is 0 Å². The molecule has 0 aliphatic heterocycles. The zero-order chi connectivity index (χ0) is 17.0. The van der Waals surface area contributed by atoms with Gasteiger partial charge in [-0.1, -0.05) is 41.4 Å². The van der Waals surface area contributed by atoms with Gasteiger partial charge in [-0.3, -0.25) is 4.79 Å². The van der Waals surface area contributed by atoms with Crippen LogP contribution in [0.1, 0.15) is 17.3 Å². The highest BCUT2D eigenvalue weighted by molar-refractivity contribution is 6.42. The van der Waals surface area contributed by atoms with Crippen LogP contribution in [0.15, 0.2) is 48.5 Å². The highest BCUT2D eigenvalue weighted by Gasteiger charge is 2.23. The third-order valence-electron chi connectivity index (χ3n) is 3.26. The first-order valence-electron chi connectivity index (χ1n) is 6.89. The molecule has 23 heavy (non-hydrogen) atoms. The van der Waals surface area contributed by atoms with Gasteiger partial charge in [0.05, 0.1) is 15.6 Å². The summed E-state index contributed by atoms with van der Waals surface area (Å²) < 4.78 is 5.20. The molecule has 2 rings (SSSR count).